The van der Waals surface area contributed by atoms with Gasteiger partial charge in [-0.2, -0.15) is 4.98 Å². The molecule has 2 aromatic rings. The summed E-state index contributed by atoms with van der Waals surface area (Å²) < 4.78 is 31.7. The van der Waals surface area contributed by atoms with Crippen LogP contribution in [0.1, 0.15) is 0 Å². The molecule has 3 N–H and O–H groups in total. The molecule has 0 radical (unpaired) electrons. The van der Waals surface area contributed by atoms with Crippen molar-refractivity contribution in [1.82, 2.24) is 9.97 Å². The van der Waals surface area contributed by atoms with E-state index in [4.69, 9.17) is 10.5 Å². The molecule has 0 atom stereocenters. The van der Waals surface area contributed by atoms with E-state index < -0.39 is 11.6 Å². The largest absolute Gasteiger partial charge is 0.479 e. The second-order valence-corrected chi connectivity index (χ2v) is 4.37. The zero-order valence-corrected chi connectivity index (χ0v) is 11.3. The SMILES string of the molecule is COc1ncnc(Nc2cc(Br)c(F)cc2F)c1N. The number of anilines is 3. The van der Waals surface area contributed by atoms with Crippen LogP contribution in [0.5, 0.6) is 5.88 Å². The Hall–Kier alpha value is -1.96. The van der Waals surface area contributed by atoms with Gasteiger partial charge in [-0.25, -0.2) is 13.8 Å². The minimum Gasteiger partial charge on any atom is -0.479 e. The molecule has 0 aliphatic carbocycles. The van der Waals surface area contributed by atoms with Crippen molar-refractivity contribution in [1.29, 1.82) is 0 Å². The summed E-state index contributed by atoms with van der Waals surface area (Å²) in [7, 11) is 1.40. The predicted octanol–water partition coefficient (Wildman–Crippen LogP) is 2.85. The molecule has 2 rings (SSSR count). The minimum atomic E-state index is -0.766. The fourth-order valence-electron chi connectivity index (χ4n) is 1.39. The molecule has 0 unspecified atom stereocenters. The van der Waals surface area contributed by atoms with Crippen LogP contribution in [-0.4, -0.2) is 17.1 Å². The van der Waals surface area contributed by atoms with E-state index in [1.165, 1.54) is 19.5 Å². The van der Waals surface area contributed by atoms with Gasteiger partial charge in [0.05, 0.1) is 17.3 Å². The molecule has 0 bridgehead atoms. The third kappa shape index (κ3) is 2.73. The highest BCUT2D eigenvalue weighted by Crippen LogP contribution is 2.30. The molecule has 19 heavy (non-hydrogen) atoms. The molecule has 1 aromatic carbocycles. The first-order valence-corrected chi connectivity index (χ1v) is 5.88. The Bertz CT molecular complexity index is 624. The molecule has 1 heterocycles. The average Bonchev–Trinajstić information content (AvgIpc) is 2.38. The first-order valence-electron chi connectivity index (χ1n) is 5.09. The average molecular weight is 331 g/mol. The maximum Gasteiger partial charge on any atom is 0.242 e. The summed E-state index contributed by atoms with van der Waals surface area (Å²) in [5.41, 5.74) is 5.90. The highest BCUT2D eigenvalue weighted by molar-refractivity contribution is 9.10. The van der Waals surface area contributed by atoms with Crippen molar-refractivity contribution in [3.05, 3.63) is 34.6 Å². The Kier molecular flexibility index (Phi) is 3.79. The first-order chi connectivity index (χ1) is 9.02. The first kappa shape index (κ1) is 13.5. The van der Waals surface area contributed by atoms with E-state index in [1.54, 1.807) is 0 Å². The zero-order valence-electron chi connectivity index (χ0n) is 9.75. The number of hydrogen-bond donors (Lipinski definition) is 2. The second-order valence-electron chi connectivity index (χ2n) is 3.52. The Morgan fingerprint density at radius 1 is 1.26 bits per heavy atom. The van der Waals surface area contributed by atoms with Crippen molar-refractivity contribution in [2.75, 3.05) is 18.2 Å². The normalized spacial score (nSPS) is 10.3. The number of nitrogens with zero attached hydrogens (tertiary/aromatic N) is 2. The maximum atomic E-state index is 13.6. The van der Waals surface area contributed by atoms with Gasteiger partial charge in [0.1, 0.15) is 23.6 Å². The van der Waals surface area contributed by atoms with Gasteiger partial charge in [0.25, 0.3) is 0 Å². The van der Waals surface area contributed by atoms with E-state index in [0.717, 1.165) is 6.07 Å². The molecule has 0 spiro atoms. The van der Waals surface area contributed by atoms with Crippen molar-refractivity contribution in [3.8, 4) is 5.88 Å². The van der Waals surface area contributed by atoms with E-state index in [1.807, 2.05) is 0 Å². The number of nitrogens with one attached hydrogen (secondary N) is 1. The van der Waals surface area contributed by atoms with Crippen LogP contribution in [0, 0.1) is 11.6 Å². The van der Waals surface area contributed by atoms with Crippen LogP contribution in [0.2, 0.25) is 0 Å². The van der Waals surface area contributed by atoms with Crippen molar-refractivity contribution >= 4 is 33.1 Å². The smallest absolute Gasteiger partial charge is 0.242 e. The molecule has 0 aliphatic rings. The summed E-state index contributed by atoms with van der Waals surface area (Å²) in [5.74, 6) is -1.13. The number of halogens is 3. The highest BCUT2D eigenvalue weighted by Gasteiger charge is 2.12. The van der Waals surface area contributed by atoms with Gasteiger partial charge in [-0.1, -0.05) is 0 Å². The third-order valence-electron chi connectivity index (χ3n) is 2.30. The molecule has 0 saturated heterocycles. The summed E-state index contributed by atoms with van der Waals surface area (Å²) in [4.78, 5) is 7.66. The van der Waals surface area contributed by atoms with Gasteiger partial charge in [-0.3, -0.25) is 0 Å². The van der Waals surface area contributed by atoms with E-state index >= 15 is 0 Å². The second kappa shape index (κ2) is 5.35. The van der Waals surface area contributed by atoms with Crippen molar-refractivity contribution < 1.29 is 13.5 Å². The van der Waals surface area contributed by atoms with Crippen molar-refractivity contribution in [3.63, 3.8) is 0 Å². The summed E-state index contributed by atoms with van der Waals surface area (Å²) in [5, 5.41) is 2.66. The maximum absolute atomic E-state index is 13.6. The molecule has 0 amide bonds. The van der Waals surface area contributed by atoms with Crippen molar-refractivity contribution in [2.24, 2.45) is 0 Å². The number of nitrogens with two attached hydrogens (primary N) is 1. The number of benzene rings is 1. The number of ether oxygens (including phenoxy) is 1. The van der Waals surface area contributed by atoms with E-state index in [9.17, 15) is 8.78 Å². The molecular formula is C11H9BrF2N4O. The third-order valence-corrected chi connectivity index (χ3v) is 2.91. The van der Waals surface area contributed by atoms with Crippen LogP contribution in [0.4, 0.5) is 26.0 Å². The molecule has 0 fully saturated rings. The van der Waals surface area contributed by atoms with Crippen LogP contribution in [0.25, 0.3) is 0 Å². The van der Waals surface area contributed by atoms with E-state index in [0.29, 0.717) is 0 Å². The molecular weight excluding hydrogens is 322 g/mol. The van der Waals surface area contributed by atoms with Gasteiger partial charge >= 0.3 is 0 Å². The summed E-state index contributed by atoms with van der Waals surface area (Å²) in [6, 6.07) is 2.00. The fraction of sp³-hybridized carbons (Fsp3) is 0.0909. The molecule has 100 valence electrons. The molecule has 1 aromatic heterocycles. The monoisotopic (exact) mass is 330 g/mol. The van der Waals surface area contributed by atoms with Crippen LogP contribution in [0.3, 0.4) is 0 Å². The summed E-state index contributed by atoms with van der Waals surface area (Å²) in [6.07, 6.45) is 1.22. The minimum absolute atomic E-state index is 0.0285. The Labute approximate surface area is 115 Å². The van der Waals surface area contributed by atoms with Gasteiger partial charge in [0.15, 0.2) is 5.82 Å². The zero-order chi connectivity index (χ0) is 14.0. The lowest BCUT2D eigenvalue weighted by atomic mass is 10.3. The number of aromatic nitrogens is 2. The summed E-state index contributed by atoms with van der Waals surface area (Å²) in [6.45, 7) is 0. The lowest BCUT2D eigenvalue weighted by molar-refractivity contribution is 0.399. The Morgan fingerprint density at radius 3 is 2.68 bits per heavy atom. The van der Waals surface area contributed by atoms with Crippen LogP contribution < -0.4 is 15.8 Å². The molecule has 8 heteroatoms. The quantitative estimate of drug-likeness (QED) is 0.846. The van der Waals surface area contributed by atoms with Gasteiger partial charge < -0.3 is 15.8 Å². The van der Waals surface area contributed by atoms with E-state index in [2.05, 4.69) is 31.2 Å². The van der Waals surface area contributed by atoms with Crippen LogP contribution >= 0.6 is 15.9 Å². The predicted molar refractivity (Wildman–Crippen MR) is 70.3 cm³/mol. The Balaban J connectivity index is 2.39. The summed E-state index contributed by atoms with van der Waals surface area (Å²) >= 11 is 2.97. The Morgan fingerprint density at radius 2 is 2.00 bits per heavy atom. The van der Waals surface area contributed by atoms with Crippen molar-refractivity contribution in [2.45, 2.75) is 0 Å². The topological polar surface area (TPSA) is 73.1 Å². The standard InChI is InChI=1S/C11H9BrF2N4O/c1-19-11-9(15)10(16-4-17-11)18-8-2-5(12)6(13)3-7(8)14/h2-4H,15H2,1H3,(H,16,17,18). The van der Waals surface area contributed by atoms with Gasteiger partial charge in [-0.05, 0) is 22.0 Å². The molecule has 0 aliphatic heterocycles. The number of rotatable bonds is 3. The van der Waals surface area contributed by atoms with E-state index in [-0.39, 0.29) is 27.5 Å². The van der Waals surface area contributed by atoms with Gasteiger partial charge in [0, 0.05) is 6.07 Å². The molecule has 0 saturated carbocycles. The number of nitrogen functional groups attached to an aromatic ring is 1. The van der Waals surface area contributed by atoms with Crippen LogP contribution in [0.15, 0.2) is 22.9 Å². The van der Waals surface area contributed by atoms with Gasteiger partial charge in [0.2, 0.25) is 5.88 Å². The van der Waals surface area contributed by atoms with Crippen LogP contribution in [-0.2, 0) is 0 Å². The number of hydrogen-bond acceptors (Lipinski definition) is 5. The lowest BCUT2D eigenvalue weighted by Crippen LogP contribution is -2.04. The lowest BCUT2D eigenvalue weighted by Gasteiger charge is -2.11. The highest BCUT2D eigenvalue weighted by atomic mass is 79.9. The molecule has 5 nitrogen and oxygen atoms in total. The fourth-order valence-corrected chi connectivity index (χ4v) is 1.73. The number of methoxy groups -OCH3 is 1. The van der Waals surface area contributed by atoms with Gasteiger partial charge in [-0.15, -0.1) is 0 Å².